The minimum atomic E-state index is -0.0681. The molecule has 6 nitrogen and oxygen atoms in total. The van der Waals surface area contributed by atoms with Gasteiger partial charge in [0.1, 0.15) is 5.15 Å². The van der Waals surface area contributed by atoms with Crippen LogP contribution in [0, 0.1) is 0 Å². The summed E-state index contributed by atoms with van der Waals surface area (Å²) in [6.07, 6.45) is 0. The lowest BCUT2D eigenvalue weighted by molar-refractivity contribution is -0.117. The van der Waals surface area contributed by atoms with Gasteiger partial charge in [0.15, 0.2) is 0 Å². The monoisotopic (exact) mass is 424 g/mol. The van der Waals surface area contributed by atoms with Gasteiger partial charge in [0, 0.05) is 42.0 Å². The molecule has 2 aromatic carbocycles. The Labute approximate surface area is 181 Å². The number of benzene rings is 2. The Balaban J connectivity index is 1.33. The van der Waals surface area contributed by atoms with E-state index < -0.39 is 0 Å². The molecular formula is C23H25ClN4O2. The number of para-hydroxylation sites is 1. The van der Waals surface area contributed by atoms with Crippen LogP contribution < -0.4 is 10.2 Å². The average Bonchev–Trinajstić information content (AvgIpc) is 2.75. The molecule has 1 saturated heterocycles. The van der Waals surface area contributed by atoms with Crippen molar-refractivity contribution in [2.24, 2.45) is 0 Å². The summed E-state index contributed by atoms with van der Waals surface area (Å²) in [5.74, 6) is -0.0681. The fourth-order valence-corrected chi connectivity index (χ4v) is 3.82. The molecule has 7 heteroatoms. The van der Waals surface area contributed by atoms with Gasteiger partial charge in [-0.1, -0.05) is 29.8 Å². The molecule has 156 valence electrons. The fraction of sp³-hybridized carbons (Fsp3) is 0.304. The fourth-order valence-electron chi connectivity index (χ4n) is 3.62. The van der Waals surface area contributed by atoms with E-state index in [1.807, 2.05) is 66.5 Å². The van der Waals surface area contributed by atoms with Gasteiger partial charge < -0.3 is 15.0 Å². The van der Waals surface area contributed by atoms with Crippen LogP contribution in [0.5, 0.6) is 0 Å². The molecule has 4 rings (SSSR count). The second-order valence-corrected chi connectivity index (χ2v) is 7.86. The number of anilines is 2. The van der Waals surface area contributed by atoms with E-state index in [0.29, 0.717) is 11.7 Å². The third kappa shape index (κ3) is 5.08. The summed E-state index contributed by atoms with van der Waals surface area (Å²) in [6, 6.07) is 17.8. The number of halogens is 1. The summed E-state index contributed by atoms with van der Waals surface area (Å²) in [4.78, 5) is 21.1. The van der Waals surface area contributed by atoms with E-state index >= 15 is 0 Å². The highest BCUT2D eigenvalue weighted by atomic mass is 35.5. The lowest BCUT2D eigenvalue weighted by Gasteiger charge is -2.28. The standard InChI is InChI=1S/C23H25ClN4O2/c1-27(15-18-14-17-4-2-3-5-21(17)26-23(18)24)16-22(29)25-19-6-8-20(9-7-19)28-10-12-30-13-11-28/h2-9,14H,10-13,15-16H2,1H3,(H,25,29). The van der Waals surface area contributed by atoms with Crippen molar-refractivity contribution in [1.82, 2.24) is 9.88 Å². The Bertz CT molecular complexity index is 1020. The van der Waals surface area contributed by atoms with Crippen LogP contribution in [0.25, 0.3) is 10.9 Å². The minimum Gasteiger partial charge on any atom is -0.378 e. The molecule has 30 heavy (non-hydrogen) atoms. The molecule has 1 aliphatic heterocycles. The molecule has 0 aliphatic carbocycles. The van der Waals surface area contributed by atoms with Crippen molar-refractivity contribution in [3.63, 3.8) is 0 Å². The maximum atomic E-state index is 12.5. The smallest absolute Gasteiger partial charge is 0.238 e. The van der Waals surface area contributed by atoms with E-state index in [4.69, 9.17) is 16.3 Å². The molecule has 1 aromatic heterocycles. The van der Waals surface area contributed by atoms with Gasteiger partial charge in [-0.05, 0) is 43.4 Å². The number of morpholine rings is 1. The second kappa shape index (κ2) is 9.43. The molecule has 0 spiro atoms. The maximum absolute atomic E-state index is 12.5. The lowest BCUT2D eigenvalue weighted by atomic mass is 10.1. The highest BCUT2D eigenvalue weighted by Crippen LogP contribution is 2.22. The van der Waals surface area contributed by atoms with Gasteiger partial charge >= 0.3 is 0 Å². The Morgan fingerprint density at radius 3 is 2.67 bits per heavy atom. The summed E-state index contributed by atoms with van der Waals surface area (Å²) in [5.41, 5.74) is 3.70. The predicted molar refractivity (Wildman–Crippen MR) is 121 cm³/mol. The second-order valence-electron chi connectivity index (χ2n) is 7.50. The van der Waals surface area contributed by atoms with Gasteiger partial charge in [-0.3, -0.25) is 9.69 Å². The first-order valence-electron chi connectivity index (χ1n) is 10.0. The van der Waals surface area contributed by atoms with E-state index in [9.17, 15) is 4.79 Å². The molecule has 1 amide bonds. The van der Waals surface area contributed by atoms with Crippen molar-refractivity contribution < 1.29 is 9.53 Å². The Hall–Kier alpha value is -2.67. The normalized spacial score (nSPS) is 14.3. The summed E-state index contributed by atoms with van der Waals surface area (Å²) in [6.45, 7) is 4.09. The van der Waals surface area contributed by atoms with Crippen LogP contribution in [0.4, 0.5) is 11.4 Å². The zero-order chi connectivity index (χ0) is 20.9. The summed E-state index contributed by atoms with van der Waals surface area (Å²) in [7, 11) is 1.90. The van der Waals surface area contributed by atoms with Crippen LogP contribution >= 0.6 is 11.6 Å². The molecule has 0 unspecified atom stereocenters. The number of carbonyl (C=O) groups excluding carboxylic acids is 1. The Kier molecular flexibility index (Phi) is 6.47. The van der Waals surface area contributed by atoms with Crippen molar-refractivity contribution in [3.05, 3.63) is 65.3 Å². The van der Waals surface area contributed by atoms with Crippen molar-refractivity contribution in [3.8, 4) is 0 Å². The third-order valence-corrected chi connectivity index (χ3v) is 5.46. The van der Waals surface area contributed by atoms with Crippen molar-refractivity contribution >= 4 is 39.8 Å². The van der Waals surface area contributed by atoms with Crippen LogP contribution in [0.3, 0.4) is 0 Å². The number of nitrogens with one attached hydrogen (secondary N) is 1. The zero-order valence-corrected chi connectivity index (χ0v) is 17.7. The van der Waals surface area contributed by atoms with Crippen molar-refractivity contribution in [1.29, 1.82) is 0 Å². The summed E-state index contributed by atoms with van der Waals surface area (Å²) in [5, 5.41) is 4.47. The van der Waals surface area contributed by atoms with Crippen LogP contribution in [0.2, 0.25) is 5.15 Å². The van der Waals surface area contributed by atoms with E-state index in [-0.39, 0.29) is 12.5 Å². The zero-order valence-electron chi connectivity index (χ0n) is 17.0. The molecule has 0 bridgehead atoms. The first kappa shape index (κ1) is 20.6. The number of aromatic nitrogens is 1. The SMILES string of the molecule is CN(CC(=O)Nc1ccc(N2CCOCC2)cc1)Cc1cc2ccccc2nc1Cl. The van der Waals surface area contributed by atoms with Crippen molar-refractivity contribution in [2.75, 3.05) is 50.1 Å². The van der Waals surface area contributed by atoms with Gasteiger partial charge in [0.05, 0.1) is 25.3 Å². The molecule has 1 fully saturated rings. The first-order chi connectivity index (χ1) is 14.6. The van der Waals surface area contributed by atoms with E-state index in [0.717, 1.165) is 54.1 Å². The number of fused-ring (bicyclic) bond motifs is 1. The maximum Gasteiger partial charge on any atom is 0.238 e. The predicted octanol–water partition coefficient (Wildman–Crippen LogP) is 3.80. The van der Waals surface area contributed by atoms with Gasteiger partial charge in [-0.15, -0.1) is 0 Å². The molecule has 3 aromatic rings. The number of ether oxygens (including phenoxy) is 1. The topological polar surface area (TPSA) is 57.7 Å². The highest BCUT2D eigenvalue weighted by Gasteiger charge is 2.13. The van der Waals surface area contributed by atoms with Crippen molar-refractivity contribution in [2.45, 2.75) is 6.54 Å². The minimum absolute atomic E-state index is 0.0681. The number of pyridine rings is 1. The number of rotatable bonds is 6. The van der Waals surface area contributed by atoms with Crippen LogP contribution in [0.15, 0.2) is 54.6 Å². The molecule has 0 radical (unpaired) electrons. The molecule has 1 N–H and O–H groups in total. The lowest BCUT2D eigenvalue weighted by Crippen LogP contribution is -2.36. The van der Waals surface area contributed by atoms with Gasteiger partial charge in [0.2, 0.25) is 5.91 Å². The highest BCUT2D eigenvalue weighted by molar-refractivity contribution is 6.30. The first-order valence-corrected chi connectivity index (χ1v) is 10.4. The summed E-state index contributed by atoms with van der Waals surface area (Å²) < 4.78 is 5.39. The number of hydrogen-bond acceptors (Lipinski definition) is 5. The summed E-state index contributed by atoms with van der Waals surface area (Å²) >= 11 is 6.34. The molecule has 1 aliphatic rings. The number of hydrogen-bond donors (Lipinski definition) is 1. The largest absolute Gasteiger partial charge is 0.378 e. The number of likely N-dealkylation sites (N-methyl/N-ethyl adjacent to an activating group) is 1. The number of carbonyl (C=O) groups is 1. The van der Waals surface area contributed by atoms with Gasteiger partial charge in [-0.25, -0.2) is 4.98 Å². The van der Waals surface area contributed by atoms with E-state index in [1.165, 1.54) is 0 Å². The molecular weight excluding hydrogens is 400 g/mol. The average molecular weight is 425 g/mol. The van der Waals surface area contributed by atoms with Gasteiger partial charge in [0.25, 0.3) is 0 Å². The number of amides is 1. The Morgan fingerprint density at radius 1 is 1.17 bits per heavy atom. The van der Waals surface area contributed by atoms with E-state index in [2.05, 4.69) is 15.2 Å². The number of nitrogens with zero attached hydrogens (tertiary/aromatic N) is 3. The van der Waals surface area contributed by atoms with E-state index in [1.54, 1.807) is 0 Å². The molecule has 0 saturated carbocycles. The van der Waals surface area contributed by atoms with Gasteiger partial charge in [-0.2, -0.15) is 0 Å². The van der Waals surface area contributed by atoms with Crippen LogP contribution in [-0.2, 0) is 16.1 Å². The quantitative estimate of drug-likeness (QED) is 0.610. The Morgan fingerprint density at radius 2 is 1.90 bits per heavy atom. The van der Waals surface area contributed by atoms with Crippen LogP contribution in [0.1, 0.15) is 5.56 Å². The molecule has 0 atom stereocenters. The van der Waals surface area contributed by atoms with Crippen LogP contribution in [-0.4, -0.2) is 55.7 Å². The molecule has 2 heterocycles. The third-order valence-electron chi connectivity index (χ3n) is 5.13.